The summed E-state index contributed by atoms with van der Waals surface area (Å²) in [4.78, 5) is 11.5. The summed E-state index contributed by atoms with van der Waals surface area (Å²) in [6.07, 6.45) is -0.686. The smallest absolute Gasteiger partial charge is 0.468 e. The van der Waals surface area contributed by atoms with Gasteiger partial charge in [0.1, 0.15) is 11.8 Å². The van der Waals surface area contributed by atoms with Gasteiger partial charge >= 0.3 is 37.1 Å². The summed E-state index contributed by atoms with van der Waals surface area (Å²) in [7, 11) is -11.0. The van der Waals surface area contributed by atoms with E-state index in [-0.39, 0.29) is 5.56 Å². The van der Waals surface area contributed by atoms with Gasteiger partial charge in [-0.25, -0.2) is 8.42 Å². The minimum Gasteiger partial charge on any atom is -0.468 e. The molecule has 8 nitrogen and oxygen atoms in total. The zero-order chi connectivity index (χ0) is 22.0. The van der Waals surface area contributed by atoms with Crippen molar-refractivity contribution in [2.45, 2.75) is 23.5 Å². The van der Waals surface area contributed by atoms with Crippen molar-refractivity contribution >= 4 is 26.1 Å². The molecule has 1 aromatic rings. The number of esters is 1. The lowest BCUT2D eigenvalue weighted by Gasteiger charge is -2.18. The number of sulfonamides is 1. The zero-order valence-corrected chi connectivity index (χ0v) is 15.2. The number of hydrogen-bond donors (Lipinski definition) is 1. The topological polar surface area (TPSA) is 116 Å². The molecule has 1 rings (SSSR count). The van der Waals surface area contributed by atoms with Gasteiger partial charge in [-0.1, -0.05) is 12.1 Å². The van der Waals surface area contributed by atoms with Gasteiger partial charge in [0.05, 0.1) is 7.11 Å². The molecule has 0 aliphatic carbocycles. The zero-order valence-electron chi connectivity index (χ0n) is 13.5. The molecule has 0 aliphatic rings. The van der Waals surface area contributed by atoms with Gasteiger partial charge in [0, 0.05) is 0 Å². The van der Waals surface area contributed by atoms with Crippen LogP contribution in [0.2, 0.25) is 0 Å². The van der Waals surface area contributed by atoms with Gasteiger partial charge in [0.15, 0.2) is 0 Å². The van der Waals surface area contributed by atoms with Gasteiger partial charge in [-0.2, -0.15) is 39.5 Å². The van der Waals surface area contributed by atoms with E-state index in [9.17, 15) is 48.0 Å². The number of ether oxygens (including phenoxy) is 1. The van der Waals surface area contributed by atoms with Crippen LogP contribution in [0.15, 0.2) is 24.3 Å². The minimum absolute atomic E-state index is 0.0444. The van der Waals surface area contributed by atoms with Crippen LogP contribution in [0.25, 0.3) is 0 Å². The molecule has 0 bridgehead atoms. The van der Waals surface area contributed by atoms with E-state index in [4.69, 9.17) is 0 Å². The van der Waals surface area contributed by atoms with Gasteiger partial charge in [-0.05, 0) is 24.1 Å². The fourth-order valence-corrected chi connectivity index (χ4v) is 2.81. The van der Waals surface area contributed by atoms with E-state index in [1.54, 1.807) is 0 Å². The van der Waals surface area contributed by atoms with Crippen LogP contribution in [0.3, 0.4) is 0 Å². The standard InChI is InChI=1S/C12H11F6NO7S2/c1-25-10(20)9(19-27(21,22)11(13,14)15)6-7-2-4-8(5-3-7)26-28(23,24)12(16,17)18/h2-5,9,19H,6H2,1H3/t9-/m0/s1. The van der Waals surface area contributed by atoms with Gasteiger partial charge in [0.25, 0.3) is 0 Å². The predicted octanol–water partition coefficient (Wildman–Crippen LogP) is 1.44. The lowest BCUT2D eigenvalue weighted by atomic mass is 10.1. The minimum atomic E-state index is -5.94. The Morgan fingerprint density at radius 3 is 1.89 bits per heavy atom. The molecule has 0 spiro atoms. The van der Waals surface area contributed by atoms with Crippen LogP contribution in [-0.4, -0.2) is 47.0 Å². The first-order valence-electron chi connectivity index (χ1n) is 6.76. The summed E-state index contributed by atoms with van der Waals surface area (Å²) in [5, 5.41) is 0. The highest BCUT2D eigenvalue weighted by molar-refractivity contribution is 7.90. The second-order valence-electron chi connectivity index (χ2n) is 4.97. The van der Waals surface area contributed by atoms with Crippen LogP contribution in [-0.2, 0) is 36.1 Å². The largest absolute Gasteiger partial charge is 0.534 e. The summed E-state index contributed by atoms with van der Waals surface area (Å²) in [6, 6.07) is 1.27. The van der Waals surface area contributed by atoms with Crippen LogP contribution < -0.4 is 8.91 Å². The fraction of sp³-hybridized carbons (Fsp3) is 0.417. The summed E-state index contributed by atoms with van der Waals surface area (Å²) >= 11 is 0. The fourth-order valence-electron chi connectivity index (χ4n) is 1.66. The van der Waals surface area contributed by atoms with E-state index in [2.05, 4.69) is 8.92 Å². The Kier molecular flexibility index (Phi) is 6.95. The molecule has 0 amide bonds. The molecule has 1 atom stereocenters. The summed E-state index contributed by atoms with van der Waals surface area (Å²) in [6.45, 7) is 0. The van der Waals surface area contributed by atoms with Gasteiger partial charge in [-0.3, -0.25) is 4.79 Å². The highest BCUT2D eigenvalue weighted by Gasteiger charge is 2.49. The molecule has 28 heavy (non-hydrogen) atoms. The van der Waals surface area contributed by atoms with Crippen molar-refractivity contribution in [1.29, 1.82) is 0 Å². The normalized spacial score (nSPS) is 14.4. The van der Waals surface area contributed by atoms with Crippen molar-refractivity contribution in [3.8, 4) is 5.75 Å². The van der Waals surface area contributed by atoms with Crippen LogP contribution in [0.5, 0.6) is 5.75 Å². The van der Waals surface area contributed by atoms with E-state index in [0.29, 0.717) is 0 Å². The Morgan fingerprint density at radius 2 is 1.50 bits per heavy atom. The molecule has 1 aromatic carbocycles. The molecule has 0 aromatic heterocycles. The molecule has 0 saturated carbocycles. The molecule has 0 saturated heterocycles. The Morgan fingerprint density at radius 1 is 1.00 bits per heavy atom. The Labute approximate surface area is 154 Å². The lowest BCUT2D eigenvalue weighted by molar-refractivity contribution is -0.142. The van der Waals surface area contributed by atoms with E-state index in [0.717, 1.165) is 36.1 Å². The summed E-state index contributed by atoms with van der Waals surface area (Å²) in [5.41, 5.74) is -11.4. The van der Waals surface area contributed by atoms with Crippen LogP contribution in [0.1, 0.15) is 5.56 Å². The van der Waals surface area contributed by atoms with Gasteiger partial charge in [-0.15, -0.1) is 0 Å². The van der Waals surface area contributed by atoms with Crippen molar-refractivity contribution in [2.75, 3.05) is 7.11 Å². The number of carbonyl (C=O) groups excluding carboxylic acids is 1. The number of carbonyl (C=O) groups is 1. The average molecular weight is 459 g/mol. The molecule has 0 radical (unpaired) electrons. The molecule has 0 unspecified atom stereocenters. The van der Waals surface area contributed by atoms with Gasteiger partial charge in [0.2, 0.25) is 0 Å². The first kappa shape index (κ1) is 24.0. The Hall–Kier alpha value is -2.07. The number of nitrogens with one attached hydrogen (secondary N) is 1. The SMILES string of the molecule is COC(=O)[C@H](Cc1ccc(OS(=O)(=O)C(F)(F)F)cc1)NS(=O)(=O)C(F)(F)F. The molecule has 0 aliphatic heterocycles. The quantitative estimate of drug-likeness (QED) is 0.284. The third-order valence-corrected chi connectivity index (χ3v) is 5.12. The van der Waals surface area contributed by atoms with Crippen LogP contribution in [0.4, 0.5) is 26.3 Å². The second-order valence-corrected chi connectivity index (χ2v) is 8.22. The molecule has 0 fully saturated rings. The van der Waals surface area contributed by atoms with Crippen molar-refractivity contribution in [1.82, 2.24) is 4.72 Å². The Balaban J connectivity index is 3.02. The average Bonchev–Trinajstić information content (AvgIpc) is 2.52. The van der Waals surface area contributed by atoms with Crippen LogP contribution in [0, 0.1) is 0 Å². The van der Waals surface area contributed by atoms with Crippen molar-refractivity contribution in [3.05, 3.63) is 29.8 Å². The third kappa shape index (κ3) is 5.96. The van der Waals surface area contributed by atoms with E-state index >= 15 is 0 Å². The number of hydrogen-bond acceptors (Lipinski definition) is 7. The monoisotopic (exact) mass is 459 g/mol. The molecule has 16 heteroatoms. The molecular formula is C12H11F6NO7S2. The summed E-state index contributed by atoms with van der Waals surface area (Å²) < 4.78 is 127. The van der Waals surface area contributed by atoms with E-state index in [1.165, 1.54) is 0 Å². The molecular weight excluding hydrogens is 448 g/mol. The van der Waals surface area contributed by atoms with Crippen molar-refractivity contribution in [2.24, 2.45) is 0 Å². The van der Waals surface area contributed by atoms with Gasteiger partial charge < -0.3 is 8.92 Å². The number of halogens is 6. The third-order valence-electron chi connectivity index (χ3n) is 2.94. The van der Waals surface area contributed by atoms with E-state index in [1.807, 2.05) is 0 Å². The summed E-state index contributed by atoms with van der Waals surface area (Å²) in [5.74, 6) is -2.14. The van der Waals surface area contributed by atoms with Crippen LogP contribution >= 0.6 is 0 Å². The first-order chi connectivity index (χ1) is 12.5. The molecule has 1 N–H and O–H groups in total. The molecule has 160 valence electrons. The predicted molar refractivity (Wildman–Crippen MR) is 79.7 cm³/mol. The van der Waals surface area contributed by atoms with E-state index < -0.39 is 55.3 Å². The van der Waals surface area contributed by atoms with Crippen molar-refractivity contribution in [3.63, 3.8) is 0 Å². The maximum Gasteiger partial charge on any atom is 0.534 e. The highest BCUT2D eigenvalue weighted by atomic mass is 32.2. The Bertz CT molecular complexity index is 907. The number of alkyl halides is 6. The van der Waals surface area contributed by atoms with Crippen molar-refractivity contribution < 1.29 is 56.9 Å². The maximum atomic E-state index is 12.4. The first-order valence-corrected chi connectivity index (χ1v) is 9.65. The number of benzene rings is 1. The lowest BCUT2D eigenvalue weighted by Crippen LogP contribution is -2.47. The second kappa shape index (κ2) is 8.12. The maximum absolute atomic E-state index is 12.4. The number of rotatable bonds is 7. The highest BCUT2D eigenvalue weighted by Crippen LogP contribution is 2.27. The number of methoxy groups -OCH3 is 1. The molecule has 0 heterocycles.